The maximum atomic E-state index is 10.9. The number of rotatable bonds is 2. The number of fused-ring (bicyclic) bond motifs is 1. The highest BCUT2D eigenvalue weighted by Gasteiger charge is 2.23. The molecule has 1 unspecified atom stereocenters. The first-order chi connectivity index (χ1) is 7.18. The van der Waals surface area contributed by atoms with Crippen molar-refractivity contribution in [1.29, 1.82) is 0 Å². The molecule has 3 nitrogen and oxygen atoms in total. The Kier molecular flexibility index (Phi) is 2.73. The molecule has 3 heteroatoms. The predicted molar refractivity (Wildman–Crippen MR) is 59.3 cm³/mol. The summed E-state index contributed by atoms with van der Waals surface area (Å²) in [6.45, 7) is 3.40. The standard InChI is InChI=1S/C12H16N2O/c1-9-11-5-3-2-4-10(11)6-7-14(9)8-12(13)15/h2-5,9H,6-8H2,1H3,(H2,13,15). The topological polar surface area (TPSA) is 46.3 Å². The Hall–Kier alpha value is -1.35. The summed E-state index contributed by atoms with van der Waals surface area (Å²) in [5.41, 5.74) is 7.94. The first kappa shape index (κ1) is 10.2. The second kappa shape index (κ2) is 4.03. The summed E-state index contributed by atoms with van der Waals surface area (Å²) in [5.74, 6) is -0.249. The summed E-state index contributed by atoms with van der Waals surface area (Å²) in [4.78, 5) is 13.0. The van der Waals surface area contributed by atoms with E-state index in [4.69, 9.17) is 5.73 Å². The molecule has 0 aromatic heterocycles. The van der Waals surface area contributed by atoms with Crippen LogP contribution < -0.4 is 5.73 Å². The molecule has 1 aliphatic heterocycles. The van der Waals surface area contributed by atoms with E-state index >= 15 is 0 Å². The van der Waals surface area contributed by atoms with Crippen LogP contribution in [0.15, 0.2) is 24.3 Å². The van der Waals surface area contributed by atoms with E-state index in [9.17, 15) is 4.79 Å². The molecule has 2 N–H and O–H groups in total. The molecule has 0 aliphatic carbocycles. The quantitative estimate of drug-likeness (QED) is 0.784. The van der Waals surface area contributed by atoms with Crippen LogP contribution in [-0.2, 0) is 11.2 Å². The Labute approximate surface area is 89.9 Å². The van der Waals surface area contributed by atoms with Crippen molar-refractivity contribution in [3.8, 4) is 0 Å². The molecule has 1 aromatic rings. The van der Waals surface area contributed by atoms with Gasteiger partial charge in [0.1, 0.15) is 0 Å². The highest BCUT2D eigenvalue weighted by Crippen LogP contribution is 2.28. The molecule has 0 saturated carbocycles. The lowest BCUT2D eigenvalue weighted by Crippen LogP contribution is -2.39. The molecule has 15 heavy (non-hydrogen) atoms. The van der Waals surface area contributed by atoms with Crippen LogP contribution in [0.4, 0.5) is 0 Å². The van der Waals surface area contributed by atoms with Crippen LogP contribution in [0.25, 0.3) is 0 Å². The molecular weight excluding hydrogens is 188 g/mol. The van der Waals surface area contributed by atoms with Gasteiger partial charge >= 0.3 is 0 Å². The third-order valence-corrected chi connectivity index (χ3v) is 3.08. The lowest BCUT2D eigenvalue weighted by molar-refractivity contribution is -0.119. The predicted octanol–water partition coefficient (Wildman–Crippen LogP) is 1.09. The van der Waals surface area contributed by atoms with Gasteiger partial charge in [0.05, 0.1) is 6.54 Å². The van der Waals surface area contributed by atoms with E-state index in [2.05, 4.69) is 30.0 Å². The summed E-state index contributed by atoms with van der Waals surface area (Å²) >= 11 is 0. The van der Waals surface area contributed by atoms with Gasteiger partial charge in [-0.25, -0.2) is 0 Å². The number of amides is 1. The Bertz CT molecular complexity index is 376. The van der Waals surface area contributed by atoms with Crippen molar-refractivity contribution in [3.05, 3.63) is 35.4 Å². The molecule has 0 spiro atoms. The maximum absolute atomic E-state index is 10.9. The fraction of sp³-hybridized carbons (Fsp3) is 0.417. The van der Waals surface area contributed by atoms with E-state index in [1.165, 1.54) is 11.1 Å². The zero-order chi connectivity index (χ0) is 10.8. The van der Waals surface area contributed by atoms with Gasteiger partial charge in [-0.05, 0) is 24.5 Å². The SMILES string of the molecule is CC1c2ccccc2CCN1CC(N)=O. The monoisotopic (exact) mass is 204 g/mol. The number of carbonyl (C=O) groups is 1. The number of benzene rings is 1. The molecule has 0 radical (unpaired) electrons. The molecular formula is C12H16N2O. The van der Waals surface area contributed by atoms with Gasteiger partial charge in [0.2, 0.25) is 5.91 Å². The Morgan fingerprint density at radius 3 is 3.00 bits per heavy atom. The van der Waals surface area contributed by atoms with Crippen LogP contribution in [-0.4, -0.2) is 23.9 Å². The Morgan fingerprint density at radius 1 is 1.53 bits per heavy atom. The zero-order valence-electron chi connectivity index (χ0n) is 8.94. The molecule has 1 aliphatic rings. The van der Waals surface area contributed by atoms with Crippen molar-refractivity contribution in [2.75, 3.05) is 13.1 Å². The number of carbonyl (C=O) groups excluding carboxylic acids is 1. The van der Waals surface area contributed by atoms with Crippen molar-refractivity contribution < 1.29 is 4.79 Å². The lowest BCUT2D eigenvalue weighted by Gasteiger charge is -2.34. The fourth-order valence-electron chi connectivity index (χ4n) is 2.24. The number of primary amides is 1. The Morgan fingerprint density at radius 2 is 2.27 bits per heavy atom. The van der Waals surface area contributed by atoms with Crippen molar-refractivity contribution in [2.24, 2.45) is 5.73 Å². The summed E-state index contributed by atoms with van der Waals surface area (Å²) < 4.78 is 0. The smallest absolute Gasteiger partial charge is 0.231 e. The molecule has 1 aromatic carbocycles. The van der Waals surface area contributed by atoms with Crippen LogP contribution in [0.5, 0.6) is 0 Å². The van der Waals surface area contributed by atoms with E-state index in [1.54, 1.807) is 0 Å². The number of nitrogens with zero attached hydrogens (tertiary/aromatic N) is 1. The van der Waals surface area contributed by atoms with Gasteiger partial charge in [0, 0.05) is 12.6 Å². The van der Waals surface area contributed by atoms with Gasteiger partial charge in [-0.3, -0.25) is 9.69 Å². The molecule has 0 bridgehead atoms. The lowest BCUT2D eigenvalue weighted by atomic mass is 9.94. The highest BCUT2D eigenvalue weighted by atomic mass is 16.1. The number of hydrogen-bond donors (Lipinski definition) is 1. The van der Waals surface area contributed by atoms with Crippen LogP contribution in [0.2, 0.25) is 0 Å². The van der Waals surface area contributed by atoms with Crippen LogP contribution in [0.1, 0.15) is 24.1 Å². The van der Waals surface area contributed by atoms with Crippen LogP contribution in [0, 0.1) is 0 Å². The normalized spacial score (nSPS) is 21.0. The molecule has 1 atom stereocenters. The van der Waals surface area contributed by atoms with Crippen molar-refractivity contribution in [1.82, 2.24) is 4.90 Å². The van der Waals surface area contributed by atoms with E-state index in [0.717, 1.165) is 13.0 Å². The minimum atomic E-state index is -0.249. The van der Waals surface area contributed by atoms with Gasteiger partial charge in [-0.1, -0.05) is 24.3 Å². The average molecular weight is 204 g/mol. The minimum Gasteiger partial charge on any atom is -0.369 e. The van der Waals surface area contributed by atoms with Crippen LogP contribution >= 0.6 is 0 Å². The second-order valence-electron chi connectivity index (χ2n) is 4.06. The molecule has 1 amide bonds. The van der Waals surface area contributed by atoms with E-state index in [0.29, 0.717) is 12.6 Å². The van der Waals surface area contributed by atoms with Gasteiger partial charge in [0.15, 0.2) is 0 Å². The first-order valence-electron chi connectivity index (χ1n) is 5.28. The van der Waals surface area contributed by atoms with Crippen molar-refractivity contribution >= 4 is 5.91 Å². The summed E-state index contributed by atoms with van der Waals surface area (Å²) in [7, 11) is 0. The number of nitrogens with two attached hydrogens (primary N) is 1. The van der Waals surface area contributed by atoms with Gasteiger partial charge in [-0.2, -0.15) is 0 Å². The van der Waals surface area contributed by atoms with E-state index < -0.39 is 0 Å². The summed E-state index contributed by atoms with van der Waals surface area (Å²) in [6, 6.07) is 8.70. The highest BCUT2D eigenvalue weighted by molar-refractivity contribution is 5.76. The third kappa shape index (κ3) is 2.02. The molecule has 2 rings (SSSR count). The second-order valence-corrected chi connectivity index (χ2v) is 4.06. The van der Waals surface area contributed by atoms with Gasteiger partial charge in [-0.15, -0.1) is 0 Å². The summed E-state index contributed by atoms with van der Waals surface area (Å²) in [6.07, 6.45) is 1.01. The fourth-order valence-corrected chi connectivity index (χ4v) is 2.24. The molecule has 0 saturated heterocycles. The van der Waals surface area contributed by atoms with E-state index in [-0.39, 0.29) is 5.91 Å². The Balaban J connectivity index is 2.22. The number of hydrogen-bond acceptors (Lipinski definition) is 2. The maximum Gasteiger partial charge on any atom is 0.231 e. The van der Waals surface area contributed by atoms with Crippen molar-refractivity contribution in [3.63, 3.8) is 0 Å². The van der Waals surface area contributed by atoms with Crippen molar-refractivity contribution in [2.45, 2.75) is 19.4 Å². The molecule has 80 valence electrons. The summed E-state index contributed by atoms with van der Waals surface area (Å²) in [5, 5.41) is 0. The average Bonchev–Trinajstić information content (AvgIpc) is 2.22. The first-order valence-corrected chi connectivity index (χ1v) is 5.28. The minimum absolute atomic E-state index is 0.249. The van der Waals surface area contributed by atoms with Gasteiger partial charge < -0.3 is 5.73 Å². The molecule has 0 fully saturated rings. The zero-order valence-corrected chi connectivity index (χ0v) is 8.94. The third-order valence-electron chi connectivity index (χ3n) is 3.08. The van der Waals surface area contributed by atoms with Gasteiger partial charge in [0.25, 0.3) is 0 Å². The largest absolute Gasteiger partial charge is 0.369 e. The molecule has 1 heterocycles. The van der Waals surface area contributed by atoms with Crippen LogP contribution in [0.3, 0.4) is 0 Å². The van der Waals surface area contributed by atoms with E-state index in [1.807, 2.05) is 6.07 Å².